The first-order chi connectivity index (χ1) is 11.8. The number of hydrogen-bond donors (Lipinski definition) is 0. The van der Waals surface area contributed by atoms with Gasteiger partial charge in [0.2, 0.25) is 0 Å². The van der Waals surface area contributed by atoms with Crippen LogP contribution in [-0.2, 0) is 18.7 Å². The fourth-order valence-corrected chi connectivity index (χ4v) is 4.29. The number of allylic oxidation sites excluding steroid dienone is 1. The number of aromatic nitrogens is 3. The maximum absolute atomic E-state index is 4.50. The van der Waals surface area contributed by atoms with Crippen LogP contribution in [0.4, 0.5) is 0 Å². The summed E-state index contributed by atoms with van der Waals surface area (Å²) < 4.78 is 2.25. The molecule has 3 rings (SSSR count). The molecule has 0 amide bonds. The van der Waals surface area contributed by atoms with E-state index in [9.17, 15) is 0 Å². The number of benzene rings is 1. The predicted molar refractivity (Wildman–Crippen MR) is 101 cm³/mol. The van der Waals surface area contributed by atoms with Crippen molar-refractivity contribution in [1.82, 2.24) is 14.8 Å². The molecule has 0 unspecified atom stereocenters. The molecule has 1 aliphatic carbocycles. The lowest BCUT2D eigenvalue weighted by Gasteiger charge is -2.21. The minimum absolute atomic E-state index is 0.779. The van der Waals surface area contributed by atoms with Crippen LogP contribution in [-0.4, -0.2) is 14.8 Å². The van der Waals surface area contributed by atoms with E-state index in [4.69, 9.17) is 0 Å². The van der Waals surface area contributed by atoms with E-state index >= 15 is 0 Å². The molecule has 0 N–H and O–H groups in total. The Morgan fingerprint density at radius 2 is 1.92 bits per heavy atom. The quantitative estimate of drug-likeness (QED) is 0.513. The molecule has 0 saturated heterocycles. The van der Waals surface area contributed by atoms with Gasteiger partial charge in [0.25, 0.3) is 0 Å². The summed E-state index contributed by atoms with van der Waals surface area (Å²) in [4.78, 5) is 0. The molecular weight excluding hydrogens is 314 g/mol. The standard InChI is InChI=1S/C20H27N3S/c1-3-13-23-19(14-17-7-5-4-6-8-17)21-22-20(23)24-15-18-11-9-16(2)10-12-18/h3,9-12,17H,1,4-8,13-15H2,2H3. The lowest BCUT2D eigenvalue weighted by atomic mass is 9.87. The molecule has 1 aromatic carbocycles. The molecule has 0 aliphatic heterocycles. The lowest BCUT2D eigenvalue weighted by molar-refractivity contribution is 0.347. The Balaban J connectivity index is 1.67. The maximum atomic E-state index is 4.50. The van der Waals surface area contributed by atoms with Gasteiger partial charge in [0.05, 0.1) is 0 Å². The molecule has 0 atom stereocenters. The Kier molecular flexibility index (Phi) is 6.13. The first kappa shape index (κ1) is 17.3. The second-order valence-electron chi connectivity index (χ2n) is 6.78. The van der Waals surface area contributed by atoms with E-state index in [0.29, 0.717) is 0 Å². The van der Waals surface area contributed by atoms with Crippen molar-refractivity contribution in [3.8, 4) is 0 Å². The summed E-state index contributed by atoms with van der Waals surface area (Å²) in [6.07, 6.45) is 9.83. The van der Waals surface area contributed by atoms with E-state index < -0.39 is 0 Å². The maximum Gasteiger partial charge on any atom is 0.191 e. The van der Waals surface area contributed by atoms with Gasteiger partial charge in [-0.05, 0) is 18.4 Å². The number of aryl methyl sites for hydroxylation is 1. The Bertz CT molecular complexity index is 654. The summed E-state index contributed by atoms with van der Waals surface area (Å²) in [5.41, 5.74) is 2.63. The highest BCUT2D eigenvalue weighted by Gasteiger charge is 2.19. The van der Waals surface area contributed by atoms with Crippen LogP contribution in [0.15, 0.2) is 42.1 Å². The fraction of sp³-hybridized carbons (Fsp3) is 0.500. The minimum Gasteiger partial charge on any atom is -0.302 e. The largest absolute Gasteiger partial charge is 0.302 e. The van der Waals surface area contributed by atoms with Crippen molar-refractivity contribution in [1.29, 1.82) is 0 Å². The Morgan fingerprint density at radius 1 is 1.17 bits per heavy atom. The van der Waals surface area contributed by atoms with Crippen LogP contribution in [0.2, 0.25) is 0 Å². The molecule has 1 saturated carbocycles. The lowest BCUT2D eigenvalue weighted by Crippen LogP contribution is -2.13. The van der Waals surface area contributed by atoms with Crippen molar-refractivity contribution in [3.63, 3.8) is 0 Å². The Morgan fingerprint density at radius 3 is 2.62 bits per heavy atom. The zero-order chi connectivity index (χ0) is 16.8. The van der Waals surface area contributed by atoms with Crippen LogP contribution in [0.5, 0.6) is 0 Å². The van der Waals surface area contributed by atoms with Crippen molar-refractivity contribution in [2.75, 3.05) is 0 Å². The summed E-state index contributed by atoms with van der Waals surface area (Å²) in [6.45, 7) is 6.82. The van der Waals surface area contributed by atoms with Gasteiger partial charge in [-0.3, -0.25) is 0 Å². The molecule has 0 bridgehead atoms. The molecule has 1 aliphatic rings. The summed E-state index contributed by atoms with van der Waals surface area (Å²) in [5.74, 6) is 2.84. The van der Waals surface area contributed by atoms with Crippen molar-refractivity contribution in [2.24, 2.45) is 5.92 Å². The van der Waals surface area contributed by atoms with E-state index in [1.165, 1.54) is 43.2 Å². The monoisotopic (exact) mass is 341 g/mol. The van der Waals surface area contributed by atoms with E-state index in [0.717, 1.165) is 35.6 Å². The zero-order valence-corrected chi connectivity index (χ0v) is 15.4. The average molecular weight is 342 g/mol. The summed E-state index contributed by atoms with van der Waals surface area (Å²) in [7, 11) is 0. The molecule has 2 aromatic rings. The average Bonchev–Trinajstić information content (AvgIpc) is 2.98. The molecule has 0 spiro atoms. The zero-order valence-electron chi connectivity index (χ0n) is 14.6. The summed E-state index contributed by atoms with van der Waals surface area (Å²) >= 11 is 1.77. The third-order valence-electron chi connectivity index (χ3n) is 4.79. The van der Waals surface area contributed by atoms with Gasteiger partial charge < -0.3 is 4.57 Å². The molecular formula is C20H27N3S. The third kappa shape index (κ3) is 4.50. The highest BCUT2D eigenvalue weighted by Crippen LogP contribution is 2.28. The molecule has 128 valence electrons. The van der Waals surface area contributed by atoms with Gasteiger partial charge in [0.15, 0.2) is 5.16 Å². The number of rotatable bonds is 7. The molecule has 1 aromatic heterocycles. The van der Waals surface area contributed by atoms with Crippen molar-refractivity contribution in [3.05, 3.63) is 53.9 Å². The van der Waals surface area contributed by atoms with E-state index in [-0.39, 0.29) is 0 Å². The van der Waals surface area contributed by atoms with Crippen LogP contribution >= 0.6 is 11.8 Å². The first-order valence-corrected chi connectivity index (χ1v) is 9.96. The molecule has 24 heavy (non-hydrogen) atoms. The molecule has 1 fully saturated rings. The van der Waals surface area contributed by atoms with Crippen LogP contribution in [0.3, 0.4) is 0 Å². The van der Waals surface area contributed by atoms with Gasteiger partial charge in [-0.15, -0.1) is 16.8 Å². The van der Waals surface area contributed by atoms with Gasteiger partial charge in [-0.1, -0.05) is 79.8 Å². The van der Waals surface area contributed by atoms with Crippen molar-refractivity contribution in [2.45, 2.75) is 62.9 Å². The summed E-state index contributed by atoms with van der Waals surface area (Å²) in [6, 6.07) is 8.72. The fourth-order valence-electron chi connectivity index (χ4n) is 3.37. The SMILES string of the molecule is C=CCn1c(CC2CCCCC2)nnc1SCc1ccc(C)cc1. The van der Waals surface area contributed by atoms with Crippen LogP contribution < -0.4 is 0 Å². The van der Waals surface area contributed by atoms with E-state index in [2.05, 4.69) is 52.5 Å². The smallest absolute Gasteiger partial charge is 0.191 e. The van der Waals surface area contributed by atoms with Crippen LogP contribution in [0, 0.1) is 12.8 Å². The van der Waals surface area contributed by atoms with Crippen molar-refractivity contribution < 1.29 is 0 Å². The van der Waals surface area contributed by atoms with Gasteiger partial charge in [0, 0.05) is 18.7 Å². The highest BCUT2D eigenvalue weighted by atomic mass is 32.2. The number of nitrogens with zero attached hydrogens (tertiary/aromatic N) is 3. The molecule has 3 nitrogen and oxygen atoms in total. The van der Waals surface area contributed by atoms with E-state index in [1.54, 1.807) is 11.8 Å². The second-order valence-corrected chi connectivity index (χ2v) is 7.72. The summed E-state index contributed by atoms with van der Waals surface area (Å²) in [5, 5.41) is 9.98. The second kappa shape index (κ2) is 8.52. The minimum atomic E-state index is 0.779. The topological polar surface area (TPSA) is 30.7 Å². The predicted octanol–water partition coefficient (Wildman–Crippen LogP) is 5.19. The third-order valence-corrected chi connectivity index (χ3v) is 5.83. The number of thioether (sulfide) groups is 1. The van der Waals surface area contributed by atoms with Gasteiger partial charge >= 0.3 is 0 Å². The normalized spacial score (nSPS) is 15.5. The van der Waals surface area contributed by atoms with Gasteiger partial charge in [-0.2, -0.15) is 0 Å². The van der Waals surface area contributed by atoms with Crippen LogP contribution in [0.25, 0.3) is 0 Å². The van der Waals surface area contributed by atoms with Crippen LogP contribution in [0.1, 0.15) is 49.1 Å². The Labute approximate surface area is 149 Å². The molecule has 4 heteroatoms. The molecule has 1 heterocycles. The van der Waals surface area contributed by atoms with E-state index in [1.807, 2.05) is 6.08 Å². The van der Waals surface area contributed by atoms with Crippen molar-refractivity contribution >= 4 is 11.8 Å². The van der Waals surface area contributed by atoms with Gasteiger partial charge in [-0.25, -0.2) is 0 Å². The Hall–Kier alpha value is -1.55. The molecule has 0 radical (unpaired) electrons. The van der Waals surface area contributed by atoms with Gasteiger partial charge in [0.1, 0.15) is 5.82 Å². The number of hydrogen-bond acceptors (Lipinski definition) is 3. The first-order valence-electron chi connectivity index (χ1n) is 8.97. The highest BCUT2D eigenvalue weighted by molar-refractivity contribution is 7.98.